The zero-order chi connectivity index (χ0) is 18.7. The molecule has 0 unspecified atom stereocenters. The molecule has 0 N–H and O–H groups in total. The second-order valence-corrected chi connectivity index (χ2v) is 6.79. The molecule has 1 aromatic heterocycles. The molecule has 1 atom stereocenters. The van der Waals surface area contributed by atoms with E-state index in [0.717, 1.165) is 0 Å². The second-order valence-electron chi connectivity index (χ2n) is 5.48. The zero-order valence-electron chi connectivity index (χ0n) is 14.6. The normalized spacial score (nSPS) is 11.8. The van der Waals surface area contributed by atoms with E-state index >= 15 is 0 Å². The molecule has 0 saturated carbocycles. The lowest BCUT2D eigenvalue weighted by Gasteiger charge is -2.15. The molecule has 0 bridgehead atoms. The van der Waals surface area contributed by atoms with Gasteiger partial charge in [0.1, 0.15) is 0 Å². The van der Waals surface area contributed by atoms with Crippen LogP contribution < -0.4 is 15.0 Å². The Balaban J connectivity index is 2.29. The average molecular weight is 367 g/mol. The zero-order valence-corrected chi connectivity index (χ0v) is 15.4. The highest BCUT2D eigenvalue weighted by Crippen LogP contribution is 2.31. The predicted octanol–water partition coefficient (Wildman–Crippen LogP) is 3.41. The first kappa shape index (κ1) is 17.8. The van der Waals surface area contributed by atoms with Gasteiger partial charge < -0.3 is 9.47 Å². The molecule has 6 nitrogen and oxygen atoms in total. The average Bonchev–Trinajstić information content (AvgIpc) is 2.67. The molecule has 2 aromatic carbocycles. The van der Waals surface area contributed by atoms with Crippen molar-refractivity contribution in [1.29, 1.82) is 5.26 Å². The van der Waals surface area contributed by atoms with Crippen LogP contribution >= 0.6 is 11.8 Å². The van der Waals surface area contributed by atoms with Crippen molar-refractivity contribution in [3.8, 4) is 23.3 Å². The third kappa shape index (κ3) is 3.24. The summed E-state index contributed by atoms with van der Waals surface area (Å²) in [5, 5.41) is 9.78. The molecule has 0 aliphatic carbocycles. The Morgan fingerprint density at radius 2 is 1.88 bits per heavy atom. The third-order valence-corrected chi connectivity index (χ3v) is 4.78. The van der Waals surface area contributed by atoms with Crippen LogP contribution in [0, 0.1) is 11.3 Å². The molecule has 1 heterocycles. The molecule has 0 spiro atoms. The lowest BCUT2D eigenvalue weighted by Crippen LogP contribution is -2.22. The Hall–Kier alpha value is -2.98. The summed E-state index contributed by atoms with van der Waals surface area (Å²) in [6, 6.07) is 14.5. The van der Waals surface area contributed by atoms with E-state index in [1.165, 1.54) is 23.4 Å². The van der Waals surface area contributed by atoms with Crippen LogP contribution in [-0.2, 0) is 0 Å². The molecular formula is C19H17N3O3S. The van der Waals surface area contributed by atoms with Gasteiger partial charge in [0, 0.05) is 6.07 Å². The topological polar surface area (TPSA) is 77.1 Å². The lowest BCUT2D eigenvalue weighted by molar-refractivity contribution is 0.354. The number of thioether (sulfide) groups is 1. The van der Waals surface area contributed by atoms with Crippen LogP contribution in [0.15, 0.2) is 52.4 Å². The summed E-state index contributed by atoms with van der Waals surface area (Å²) in [5.74, 6) is 1.08. The Labute approximate surface area is 155 Å². The number of para-hydroxylation sites is 1. The predicted molar refractivity (Wildman–Crippen MR) is 101 cm³/mol. The minimum absolute atomic E-state index is 0.199. The molecule has 132 valence electrons. The Morgan fingerprint density at radius 1 is 1.15 bits per heavy atom. The van der Waals surface area contributed by atoms with E-state index < -0.39 is 0 Å². The molecule has 26 heavy (non-hydrogen) atoms. The monoisotopic (exact) mass is 367 g/mol. The maximum Gasteiger partial charge on any atom is 0.266 e. The van der Waals surface area contributed by atoms with Gasteiger partial charge in [-0.2, -0.15) is 5.26 Å². The molecule has 0 fully saturated rings. The number of nitrogens with zero attached hydrogens (tertiary/aromatic N) is 3. The lowest BCUT2D eigenvalue weighted by atomic mass is 10.2. The number of rotatable bonds is 5. The fraction of sp³-hybridized carbons (Fsp3) is 0.211. The summed E-state index contributed by atoms with van der Waals surface area (Å²) in [6.07, 6.45) is 0. The standard InChI is InChI=1S/C19H17N3O3S/c1-12(11-20)26-19-21-15-7-5-4-6-14(15)18(23)22(19)13-8-9-16(24-2)17(10-13)25-3/h4-10,12H,1-3H3/t12-/m1/s1. The summed E-state index contributed by atoms with van der Waals surface area (Å²) in [5.41, 5.74) is 0.996. The van der Waals surface area contributed by atoms with E-state index in [-0.39, 0.29) is 10.8 Å². The van der Waals surface area contributed by atoms with Crippen molar-refractivity contribution in [2.45, 2.75) is 17.3 Å². The van der Waals surface area contributed by atoms with Crippen molar-refractivity contribution in [1.82, 2.24) is 9.55 Å². The number of methoxy groups -OCH3 is 2. The van der Waals surface area contributed by atoms with E-state index in [1.54, 1.807) is 50.4 Å². The van der Waals surface area contributed by atoms with Crippen LogP contribution in [0.3, 0.4) is 0 Å². The van der Waals surface area contributed by atoms with Crippen LogP contribution in [-0.4, -0.2) is 29.0 Å². The van der Waals surface area contributed by atoms with Crippen molar-refractivity contribution in [3.05, 3.63) is 52.8 Å². The van der Waals surface area contributed by atoms with Crippen LogP contribution in [0.5, 0.6) is 11.5 Å². The molecule has 0 aliphatic rings. The number of hydrogen-bond donors (Lipinski definition) is 0. The van der Waals surface area contributed by atoms with E-state index in [2.05, 4.69) is 11.1 Å². The molecular weight excluding hydrogens is 350 g/mol. The number of benzene rings is 2. The third-order valence-electron chi connectivity index (χ3n) is 3.83. The van der Waals surface area contributed by atoms with Crippen molar-refractivity contribution in [3.63, 3.8) is 0 Å². The van der Waals surface area contributed by atoms with E-state index in [9.17, 15) is 4.79 Å². The largest absolute Gasteiger partial charge is 0.493 e. The van der Waals surface area contributed by atoms with E-state index in [0.29, 0.717) is 33.2 Å². The molecule has 0 saturated heterocycles. The number of nitriles is 1. The van der Waals surface area contributed by atoms with Gasteiger partial charge in [0.2, 0.25) is 0 Å². The summed E-state index contributed by atoms with van der Waals surface area (Å²) in [6.45, 7) is 1.77. The number of ether oxygens (including phenoxy) is 2. The van der Waals surface area contributed by atoms with Crippen molar-refractivity contribution >= 4 is 22.7 Å². The first-order chi connectivity index (χ1) is 12.6. The molecule has 0 radical (unpaired) electrons. The van der Waals surface area contributed by atoms with Crippen LogP contribution in [0.25, 0.3) is 16.6 Å². The van der Waals surface area contributed by atoms with Gasteiger partial charge >= 0.3 is 0 Å². The summed E-state index contributed by atoms with van der Waals surface area (Å²) in [7, 11) is 3.09. The summed E-state index contributed by atoms with van der Waals surface area (Å²) >= 11 is 1.24. The smallest absolute Gasteiger partial charge is 0.266 e. The first-order valence-corrected chi connectivity index (χ1v) is 8.77. The number of fused-ring (bicyclic) bond motifs is 1. The van der Waals surface area contributed by atoms with Crippen molar-refractivity contribution < 1.29 is 9.47 Å². The SMILES string of the molecule is COc1ccc(-n2c(S[C@H](C)C#N)nc3ccccc3c2=O)cc1OC. The summed E-state index contributed by atoms with van der Waals surface area (Å²) < 4.78 is 12.1. The molecule has 3 rings (SSSR count). The van der Waals surface area contributed by atoms with E-state index in [1.807, 2.05) is 6.07 Å². The number of hydrogen-bond acceptors (Lipinski definition) is 6. The van der Waals surface area contributed by atoms with Crippen LogP contribution in [0.4, 0.5) is 0 Å². The Morgan fingerprint density at radius 3 is 2.58 bits per heavy atom. The van der Waals surface area contributed by atoms with Gasteiger partial charge in [-0.25, -0.2) is 4.98 Å². The van der Waals surface area contributed by atoms with Gasteiger partial charge in [-0.1, -0.05) is 23.9 Å². The highest BCUT2D eigenvalue weighted by atomic mass is 32.2. The Bertz CT molecular complexity index is 1060. The quantitative estimate of drug-likeness (QED) is 0.508. The molecule has 7 heteroatoms. The van der Waals surface area contributed by atoms with Gasteiger partial charge in [-0.3, -0.25) is 9.36 Å². The summed E-state index contributed by atoms with van der Waals surface area (Å²) in [4.78, 5) is 17.7. The van der Waals surface area contributed by atoms with Crippen LogP contribution in [0.2, 0.25) is 0 Å². The van der Waals surface area contributed by atoms with Gasteiger partial charge in [-0.05, 0) is 31.2 Å². The minimum Gasteiger partial charge on any atom is -0.493 e. The van der Waals surface area contributed by atoms with Crippen molar-refractivity contribution in [2.24, 2.45) is 0 Å². The van der Waals surface area contributed by atoms with Gasteiger partial charge in [-0.15, -0.1) is 0 Å². The van der Waals surface area contributed by atoms with Gasteiger partial charge in [0.25, 0.3) is 5.56 Å². The highest BCUT2D eigenvalue weighted by Gasteiger charge is 2.17. The van der Waals surface area contributed by atoms with Crippen LogP contribution in [0.1, 0.15) is 6.92 Å². The van der Waals surface area contributed by atoms with Gasteiger partial charge in [0.05, 0.1) is 42.1 Å². The van der Waals surface area contributed by atoms with Crippen molar-refractivity contribution in [2.75, 3.05) is 14.2 Å². The fourth-order valence-electron chi connectivity index (χ4n) is 2.57. The minimum atomic E-state index is -0.352. The Kier molecular flexibility index (Phi) is 5.14. The second kappa shape index (κ2) is 7.50. The highest BCUT2D eigenvalue weighted by molar-refractivity contribution is 8.00. The molecule has 3 aromatic rings. The molecule has 0 aliphatic heterocycles. The maximum atomic E-state index is 13.1. The fourth-order valence-corrected chi connectivity index (χ4v) is 3.38. The maximum absolute atomic E-state index is 13.1. The number of aromatic nitrogens is 2. The van der Waals surface area contributed by atoms with E-state index in [4.69, 9.17) is 14.7 Å². The first-order valence-electron chi connectivity index (χ1n) is 7.89. The molecule has 0 amide bonds. The van der Waals surface area contributed by atoms with Gasteiger partial charge in [0.15, 0.2) is 16.7 Å².